The third-order valence-electron chi connectivity index (χ3n) is 2.88. The lowest BCUT2D eigenvalue weighted by atomic mass is 10.0. The van der Waals surface area contributed by atoms with Gasteiger partial charge in [0.25, 0.3) is 0 Å². The van der Waals surface area contributed by atoms with Crippen LogP contribution in [0.3, 0.4) is 0 Å². The molecule has 1 heterocycles. The molecule has 0 spiro atoms. The summed E-state index contributed by atoms with van der Waals surface area (Å²) < 4.78 is 13.3. The Labute approximate surface area is 113 Å². The second-order valence-corrected chi connectivity index (χ2v) is 5.55. The van der Waals surface area contributed by atoms with Gasteiger partial charge in [-0.25, -0.2) is 4.39 Å². The van der Waals surface area contributed by atoms with Crippen LogP contribution in [0.2, 0.25) is 5.02 Å². The summed E-state index contributed by atoms with van der Waals surface area (Å²) in [4.78, 5) is 13.7. The summed E-state index contributed by atoms with van der Waals surface area (Å²) in [6.07, 6.45) is 0.265. The van der Waals surface area contributed by atoms with Gasteiger partial charge in [0.1, 0.15) is 5.82 Å². The normalized spacial score (nSPS) is 13.8. The van der Waals surface area contributed by atoms with Gasteiger partial charge in [-0.3, -0.25) is 4.79 Å². The van der Waals surface area contributed by atoms with Crippen LogP contribution in [0.15, 0.2) is 46.2 Å². The number of hydrogen-bond donors (Lipinski definition) is 0. The zero-order chi connectivity index (χ0) is 12.7. The Balaban J connectivity index is 2.20. The van der Waals surface area contributed by atoms with Crippen molar-refractivity contribution in [1.82, 2.24) is 0 Å². The Morgan fingerprint density at radius 3 is 2.83 bits per heavy atom. The van der Waals surface area contributed by atoms with E-state index >= 15 is 0 Å². The van der Waals surface area contributed by atoms with E-state index in [4.69, 9.17) is 11.6 Å². The molecule has 90 valence electrons. The molecule has 0 unspecified atom stereocenters. The van der Waals surface area contributed by atoms with Gasteiger partial charge < -0.3 is 0 Å². The molecule has 1 nitrogen and oxygen atoms in total. The number of benzene rings is 2. The average molecular weight is 279 g/mol. The quantitative estimate of drug-likeness (QED) is 0.712. The molecule has 0 fully saturated rings. The largest absolute Gasteiger partial charge is 0.294 e. The van der Waals surface area contributed by atoms with Crippen LogP contribution in [0, 0.1) is 5.82 Å². The lowest BCUT2D eigenvalue weighted by Gasteiger charge is -2.05. The topological polar surface area (TPSA) is 17.1 Å². The van der Waals surface area contributed by atoms with Crippen molar-refractivity contribution in [3.05, 3.63) is 58.4 Å². The summed E-state index contributed by atoms with van der Waals surface area (Å²) in [6.45, 7) is 0. The van der Waals surface area contributed by atoms with E-state index in [9.17, 15) is 9.18 Å². The van der Waals surface area contributed by atoms with Gasteiger partial charge in [0.2, 0.25) is 0 Å². The molecule has 2 aromatic rings. The Kier molecular flexibility index (Phi) is 2.88. The highest BCUT2D eigenvalue weighted by atomic mass is 35.5. The highest BCUT2D eigenvalue weighted by Gasteiger charge is 2.22. The second kappa shape index (κ2) is 4.41. The molecule has 0 amide bonds. The fourth-order valence-corrected chi connectivity index (χ4v) is 3.44. The molecule has 1 aliphatic heterocycles. The Morgan fingerprint density at radius 2 is 2.00 bits per heavy atom. The molecule has 2 aromatic carbocycles. The van der Waals surface area contributed by atoms with Gasteiger partial charge in [-0.15, -0.1) is 0 Å². The van der Waals surface area contributed by atoms with E-state index in [0.29, 0.717) is 15.5 Å². The molecule has 0 radical (unpaired) electrons. The van der Waals surface area contributed by atoms with E-state index in [1.54, 1.807) is 12.1 Å². The first-order chi connectivity index (χ1) is 8.65. The van der Waals surface area contributed by atoms with Gasteiger partial charge in [0, 0.05) is 26.8 Å². The van der Waals surface area contributed by atoms with Gasteiger partial charge in [-0.1, -0.05) is 29.4 Å². The third kappa shape index (κ3) is 1.93. The predicted molar refractivity (Wildman–Crippen MR) is 70.0 cm³/mol. The van der Waals surface area contributed by atoms with E-state index in [0.717, 1.165) is 10.5 Å². The van der Waals surface area contributed by atoms with Crippen molar-refractivity contribution < 1.29 is 9.18 Å². The number of Topliss-reactive ketones (excluding diaryl/α,β-unsaturated/α-hetero) is 1. The molecular formula is C14H8ClFOS. The first-order valence-corrected chi connectivity index (χ1v) is 6.62. The number of halogens is 2. The van der Waals surface area contributed by atoms with Crippen molar-refractivity contribution >= 4 is 29.1 Å². The van der Waals surface area contributed by atoms with Crippen LogP contribution in [0.4, 0.5) is 4.39 Å². The maximum Gasteiger partial charge on any atom is 0.168 e. The first kappa shape index (κ1) is 11.8. The summed E-state index contributed by atoms with van der Waals surface area (Å²) in [5.41, 5.74) is 1.39. The molecule has 18 heavy (non-hydrogen) atoms. The maximum absolute atomic E-state index is 13.3. The van der Waals surface area contributed by atoms with Crippen LogP contribution >= 0.6 is 23.4 Å². The summed E-state index contributed by atoms with van der Waals surface area (Å²) in [7, 11) is 0. The number of hydrogen-bond acceptors (Lipinski definition) is 2. The molecular weight excluding hydrogens is 271 g/mol. The molecule has 0 N–H and O–H groups in total. The van der Waals surface area contributed by atoms with Crippen molar-refractivity contribution in [2.45, 2.75) is 16.2 Å². The minimum Gasteiger partial charge on any atom is -0.294 e. The van der Waals surface area contributed by atoms with Crippen LogP contribution in [-0.2, 0) is 6.42 Å². The van der Waals surface area contributed by atoms with E-state index in [1.165, 1.54) is 23.9 Å². The average Bonchev–Trinajstić information content (AvgIpc) is 2.46. The standard InChI is InChI=1S/C14H8ClFOS/c15-11-2-1-3-13-10(11)7-12(17)9-5-4-8(16)6-14(9)18-13/h1-6H,7H2. The highest BCUT2D eigenvalue weighted by molar-refractivity contribution is 7.99. The van der Waals surface area contributed by atoms with E-state index in [1.807, 2.05) is 12.1 Å². The molecule has 0 bridgehead atoms. The Hall–Kier alpha value is -1.32. The van der Waals surface area contributed by atoms with Crippen LogP contribution in [0.1, 0.15) is 15.9 Å². The summed E-state index contributed by atoms with van der Waals surface area (Å²) >= 11 is 7.50. The number of carbonyl (C=O) groups excluding carboxylic acids is 1. The van der Waals surface area contributed by atoms with E-state index in [2.05, 4.69) is 0 Å². The van der Waals surface area contributed by atoms with Gasteiger partial charge in [0.05, 0.1) is 0 Å². The van der Waals surface area contributed by atoms with Crippen LogP contribution in [0.25, 0.3) is 0 Å². The lowest BCUT2D eigenvalue weighted by molar-refractivity contribution is 0.0990. The first-order valence-electron chi connectivity index (χ1n) is 5.43. The molecule has 0 saturated carbocycles. The molecule has 1 aliphatic rings. The predicted octanol–water partition coefficient (Wildman–Crippen LogP) is 4.37. The number of ketones is 1. The van der Waals surface area contributed by atoms with Crippen molar-refractivity contribution in [2.24, 2.45) is 0 Å². The fraction of sp³-hybridized carbons (Fsp3) is 0.0714. The molecule has 0 aliphatic carbocycles. The minimum atomic E-state index is -0.334. The molecule has 0 aromatic heterocycles. The minimum absolute atomic E-state index is 0.0237. The van der Waals surface area contributed by atoms with Crippen LogP contribution < -0.4 is 0 Å². The Bertz CT molecular complexity index is 654. The molecule has 4 heteroatoms. The van der Waals surface area contributed by atoms with Crippen molar-refractivity contribution in [3.8, 4) is 0 Å². The smallest absolute Gasteiger partial charge is 0.168 e. The van der Waals surface area contributed by atoms with Crippen molar-refractivity contribution in [2.75, 3.05) is 0 Å². The maximum atomic E-state index is 13.3. The van der Waals surface area contributed by atoms with Crippen LogP contribution in [-0.4, -0.2) is 5.78 Å². The van der Waals surface area contributed by atoms with Gasteiger partial charge in [-0.2, -0.15) is 0 Å². The van der Waals surface area contributed by atoms with E-state index < -0.39 is 0 Å². The number of rotatable bonds is 0. The summed E-state index contributed by atoms with van der Waals surface area (Å²) in [5.74, 6) is -0.358. The SMILES string of the molecule is O=C1Cc2c(Cl)cccc2Sc2cc(F)ccc21. The van der Waals surface area contributed by atoms with Crippen molar-refractivity contribution in [1.29, 1.82) is 0 Å². The Morgan fingerprint density at radius 1 is 1.17 bits per heavy atom. The fourth-order valence-electron chi connectivity index (χ4n) is 1.99. The van der Waals surface area contributed by atoms with Gasteiger partial charge in [0.15, 0.2) is 5.78 Å². The number of fused-ring (bicyclic) bond motifs is 2. The van der Waals surface area contributed by atoms with E-state index in [-0.39, 0.29) is 18.0 Å². The third-order valence-corrected chi connectivity index (χ3v) is 4.39. The zero-order valence-electron chi connectivity index (χ0n) is 9.24. The van der Waals surface area contributed by atoms with Crippen LogP contribution in [0.5, 0.6) is 0 Å². The monoisotopic (exact) mass is 278 g/mol. The number of carbonyl (C=O) groups is 1. The second-order valence-electron chi connectivity index (χ2n) is 4.06. The van der Waals surface area contributed by atoms with Gasteiger partial charge >= 0.3 is 0 Å². The molecule has 0 atom stereocenters. The molecule has 3 rings (SSSR count). The zero-order valence-corrected chi connectivity index (χ0v) is 10.8. The van der Waals surface area contributed by atoms with Crippen molar-refractivity contribution in [3.63, 3.8) is 0 Å². The summed E-state index contributed by atoms with van der Waals surface area (Å²) in [6, 6.07) is 9.76. The molecule has 0 saturated heterocycles. The van der Waals surface area contributed by atoms with Gasteiger partial charge in [-0.05, 0) is 35.9 Å². The highest BCUT2D eigenvalue weighted by Crippen LogP contribution is 2.39. The summed E-state index contributed by atoms with van der Waals surface area (Å²) in [5, 5.41) is 0.585. The lowest BCUT2D eigenvalue weighted by Crippen LogP contribution is -2.03.